The number of nitrogen functional groups attached to an aromatic ring is 1. The molecule has 0 radical (unpaired) electrons. The molecular weight excluding hydrogens is 360 g/mol. The normalized spacial score (nSPS) is 30.0. The molecular formula is C24H36N4O. The van der Waals surface area contributed by atoms with E-state index in [0.717, 1.165) is 56.3 Å². The van der Waals surface area contributed by atoms with Gasteiger partial charge in [-0.3, -0.25) is 9.69 Å². The van der Waals surface area contributed by atoms with Gasteiger partial charge in [-0.15, -0.1) is 0 Å². The fourth-order valence-electron chi connectivity index (χ4n) is 6.47. The molecule has 0 bridgehead atoms. The Hall–Kier alpha value is -1.75. The van der Waals surface area contributed by atoms with E-state index < -0.39 is 0 Å². The Labute approximate surface area is 175 Å². The highest BCUT2D eigenvalue weighted by Gasteiger charge is 2.47. The molecule has 1 saturated carbocycles. The molecule has 3 aliphatic heterocycles. The topological polar surface area (TPSA) is 52.8 Å². The zero-order chi connectivity index (χ0) is 20.0. The van der Waals surface area contributed by atoms with Crippen molar-refractivity contribution >= 4 is 23.0 Å². The highest BCUT2D eigenvalue weighted by atomic mass is 16.2. The number of nitrogens with zero attached hydrogens (tertiary/aromatic N) is 3. The van der Waals surface area contributed by atoms with E-state index in [1.807, 2.05) is 4.90 Å². The van der Waals surface area contributed by atoms with Gasteiger partial charge in [-0.1, -0.05) is 19.3 Å². The van der Waals surface area contributed by atoms with E-state index in [9.17, 15) is 4.79 Å². The van der Waals surface area contributed by atoms with Crippen molar-refractivity contribution in [2.75, 3.05) is 41.7 Å². The summed E-state index contributed by atoms with van der Waals surface area (Å²) in [5.41, 5.74) is 9.28. The SMILES string of the molecule is C[C@H]1CCCN1[C@@H]1CCN(c2ccc(N3CCC4(CCCCC4)C3=O)c(N)c2)C1. The number of nitrogens with two attached hydrogens (primary N) is 1. The molecule has 5 heteroatoms. The van der Waals surface area contributed by atoms with Crippen molar-refractivity contribution < 1.29 is 4.79 Å². The van der Waals surface area contributed by atoms with Gasteiger partial charge in [0.1, 0.15) is 0 Å². The summed E-state index contributed by atoms with van der Waals surface area (Å²) >= 11 is 0. The Morgan fingerprint density at radius 1 is 1.00 bits per heavy atom. The molecule has 5 rings (SSSR count). The Morgan fingerprint density at radius 3 is 2.55 bits per heavy atom. The lowest BCUT2D eigenvalue weighted by Gasteiger charge is -2.32. The monoisotopic (exact) mass is 396 g/mol. The molecule has 1 amide bonds. The second-order valence-corrected chi connectivity index (χ2v) is 9.91. The first-order valence-corrected chi connectivity index (χ1v) is 11.8. The second kappa shape index (κ2) is 7.50. The molecule has 4 fully saturated rings. The predicted octanol–water partition coefficient (Wildman–Crippen LogP) is 4.02. The van der Waals surface area contributed by atoms with Crippen LogP contribution in [0.4, 0.5) is 17.1 Å². The maximum atomic E-state index is 13.3. The van der Waals surface area contributed by atoms with E-state index in [0.29, 0.717) is 11.9 Å². The van der Waals surface area contributed by atoms with Crippen LogP contribution in [0.3, 0.4) is 0 Å². The van der Waals surface area contributed by atoms with Crippen molar-refractivity contribution in [1.82, 2.24) is 4.90 Å². The van der Waals surface area contributed by atoms with Crippen molar-refractivity contribution in [3.05, 3.63) is 18.2 Å². The number of benzene rings is 1. The maximum absolute atomic E-state index is 13.3. The van der Waals surface area contributed by atoms with Crippen molar-refractivity contribution in [2.45, 2.75) is 76.8 Å². The van der Waals surface area contributed by atoms with Crippen molar-refractivity contribution in [1.29, 1.82) is 0 Å². The first-order valence-electron chi connectivity index (χ1n) is 11.8. The predicted molar refractivity (Wildman–Crippen MR) is 119 cm³/mol. The highest BCUT2D eigenvalue weighted by molar-refractivity contribution is 6.02. The third-order valence-electron chi connectivity index (χ3n) is 8.23. The molecule has 2 N–H and O–H groups in total. The van der Waals surface area contributed by atoms with Crippen LogP contribution in [0.1, 0.15) is 64.7 Å². The lowest BCUT2D eigenvalue weighted by atomic mass is 9.73. The van der Waals surface area contributed by atoms with Crippen molar-refractivity contribution in [3.63, 3.8) is 0 Å². The molecule has 1 spiro atoms. The number of carbonyl (C=O) groups excluding carboxylic acids is 1. The van der Waals surface area contributed by atoms with Crippen molar-refractivity contribution in [3.8, 4) is 0 Å². The zero-order valence-corrected chi connectivity index (χ0v) is 17.9. The lowest BCUT2D eigenvalue weighted by Crippen LogP contribution is -2.39. The third kappa shape index (κ3) is 3.31. The van der Waals surface area contributed by atoms with Crippen LogP contribution < -0.4 is 15.5 Å². The van der Waals surface area contributed by atoms with Gasteiger partial charge < -0.3 is 15.5 Å². The summed E-state index contributed by atoms with van der Waals surface area (Å²) in [7, 11) is 0. The molecule has 29 heavy (non-hydrogen) atoms. The molecule has 3 heterocycles. The molecule has 4 aliphatic rings. The number of rotatable bonds is 3. The fourth-order valence-corrected chi connectivity index (χ4v) is 6.47. The van der Waals surface area contributed by atoms with E-state index in [2.05, 4.69) is 34.9 Å². The molecule has 3 saturated heterocycles. The Morgan fingerprint density at radius 2 is 1.83 bits per heavy atom. The smallest absolute Gasteiger partial charge is 0.233 e. The van der Waals surface area contributed by atoms with Crippen LogP contribution in [-0.2, 0) is 4.79 Å². The summed E-state index contributed by atoms with van der Waals surface area (Å²) in [6.45, 7) is 6.63. The van der Waals surface area contributed by atoms with Gasteiger partial charge in [-0.25, -0.2) is 0 Å². The summed E-state index contributed by atoms with van der Waals surface area (Å²) in [6, 6.07) is 7.77. The van der Waals surface area contributed by atoms with Gasteiger partial charge in [0.15, 0.2) is 0 Å². The molecule has 2 atom stereocenters. The largest absolute Gasteiger partial charge is 0.397 e. The van der Waals surface area contributed by atoms with Crippen LogP contribution in [-0.4, -0.2) is 49.1 Å². The molecule has 158 valence electrons. The minimum absolute atomic E-state index is 0.0992. The highest BCUT2D eigenvalue weighted by Crippen LogP contribution is 2.47. The lowest BCUT2D eigenvalue weighted by molar-refractivity contribution is -0.127. The van der Waals surface area contributed by atoms with E-state index in [1.165, 1.54) is 50.8 Å². The number of amides is 1. The molecule has 0 aromatic heterocycles. The molecule has 1 aromatic carbocycles. The second-order valence-electron chi connectivity index (χ2n) is 9.91. The van der Waals surface area contributed by atoms with Gasteiger partial charge in [0.05, 0.1) is 16.8 Å². The quantitative estimate of drug-likeness (QED) is 0.784. The van der Waals surface area contributed by atoms with E-state index in [-0.39, 0.29) is 5.41 Å². The first kappa shape index (κ1) is 19.2. The average molecular weight is 397 g/mol. The number of likely N-dealkylation sites (tertiary alicyclic amines) is 1. The standard InChI is InChI=1S/C24H36N4O/c1-18-6-5-13-27(18)20-9-14-26(17-20)19-7-8-22(21(25)16-19)28-15-12-24(23(28)29)10-3-2-4-11-24/h7-8,16,18,20H,2-6,9-15,17,25H2,1H3/t18-,20+/m0/s1. The number of carbonyl (C=O) groups is 1. The van der Waals surface area contributed by atoms with E-state index in [1.54, 1.807) is 0 Å². The van der Waals surface area contributed by atoms with Crippen LogP contribution >= 0.6 is 0 Å². The van der Waals surface area contributed by atoms with Gasteiger partial charge in [-0.05, 0) is 70.2 Å². The minimum Gasteiger partial charge on any atom is -0.397 e. The third-order valence-corrected chi connectivity index (χ3v) is 8.23. The van der Waals surface area contributed by atoms with Gasteiger partial charge in [-0.2, -0.15) is 0 Å². The Kier molecular flexibility index (Phi) is 4.97. The summed E-state index contributed by atoms with van der Waals surface area (Å²) in [6.07, 6.45) is 10.7. The van der Waals surface area contributed by atoms with Crippen LogP contribution in [0.2, 0.25) is 0 Å². The van der Waals surface area contributed by atoms with Crippen LogP contribution in [0.25, 0.3) is 0 Å². The number of hydrogen-bond donors (Lipinski definition) is 1. The van der Waals surface area contributed by atoms with Crippen LogP contribution in [0.15, 0.2) is 18.2 Å². The van der Waals surface area contributed by atoms with Crippen LogP contribution in [0, 0.1) is 5.41 Å². The maximum Gasteiger partial charge on any atom is 0.233 e. The summed E-state index contributed by atoms with van der Waals surface area (Å²) < 4.78 is 0. The molecule has 1 aromatic rings. The summed E-state index contributed by atoms with van der Waals surface area (Å²) in [5.74, 6) is 0.320. The van der Waals surface area contributed by atoms with Gasteiger partial charge in [0.25, 0.3) is 0 Å². The fraction of sp³-hybridized carbons (Fsp3) is 0.708. The first-order chi connectivity index (χ1) is 14.1. The van der Waals surface area contributed by atoms with Gasteiger partial charge >= 0.3 is 0 Å². The summed E-state index contributed by atoms with van der Waals surface area (Å²) in [5, 5.41) is 0. The summed E-state index contributed by atoms with van der Waals surface area (Å²) in [4.78, 5) is 20.4. The van der Waals surface area contributed by atoms with Crippen molar-refractivity contribution in [2.24, 2.45) is 5.41 Å². The average Bonchev–Trinajstić information content (AvgIpc) is 3.44. The van der Waals surface area contributed by atoms with Crippen LogP contribution in [0.5, 0.6) is 0 Å². The van der Waals surface area contributed by atoms with E-state index in [4.69, 9.17) is 5.73 Å². The van der Waals surface area contributed by atoms with Gasteiger partial charge in [0, 0.05) is 37.4 Å². The number of hydrogen-bond acceptors (Lipinski definition) is 4. The number of anilines is 3. The molecule has 1 aliphatic carbocycles. The molecule has 0 unspecified atom stereocenters. The minimum atomic E-state index is -0.0992. The molecule has 5 nitrogen and oxygen atoms in total. The Balaban J connectivity index is 1.29. The van der Waals surface area contributed by atoms with Gasteiger partial charge in [0.2, 0.25) is 5.91 Å². The van der Waals surface area contributed by atoms with E-state index >= 15 is 0 Å². The zero-order valence-electron chi connectivity index (χ0n) is 17.9. The Bertz CT molecular complexity index is 772.